The Bertz CT molecular complexity index is 1290. The maximum absolute atomic E-state index is 12.8. The minimum atomic E-state index is -0.197. The summed E-state index contributed by atoms with van der Waals surface area (Å²) in [6.45, 7) is 1.14. The molecule has 8 heteroatoms. The molecule has 0 aliphatic carbocycles. The van der Waals surface area contributed by atoms with Crippen LogP contribution in [0, 0.1) is 0 Å². The van der Waals surface area contributed by atoms with Gasteiger partial charge in [-0.25, -0.2) is 9.67 Å². The van der Waals surface area contributed by atoms with Crippen LogP contribution in [0.4, 0.5) is 0 Å². The van der Waals surface area contributed by atoms with E-state index in [0.29, 0.717) is 35.7 Å². The summed E-state index contributed by atoms with van der Waals surface area (Å²) in [5.41, 5.74) is 2.18. The number of fused-ring (bicyclic) bond motifs is 1. The van der Waals surface area contributed by atoms with E-state index in [1.807, 2.05) is 48.5 Å². The average Bonchev–Trinajstić information content (AvgIpc) is 3.19. The van der Waals surface area contributed by atoms with E-state index in [9.17, 15) is 9.59 Å². The van der Waals surface area contributed by atoms with Gasteiger partial charge in [0.15, 0.2) is 5.65 Å². The van der Waals surface area contributed by atoms with Crippen molar-refractivity contribution in [3.63, 3.8) is 0 Å². The van der Waals surface area contributed by atoms with Gasteiger partial charge >= 0.3 is 0 Å². The van der Waals surface area contributed by atoms with Gasteiger partial charge in [0.2, 0.25) is 5.91 Å². The molecule has 0 bridgehead atoms. The highest BCUT2D eigenvalue weighted by Gasteiger charge is 2.10. The van der Waals surface area contributed by atoms with Crippen LogP contribution in [0.1, 0.15) is 11.1 Å². The fourth-order valence-corrected chi connectivity index (χ4v) is 3.40. The van der Waals surface area contributed by atoms with E-state index in [0.717, 1.165) is 11.1 Å². The average molecular weight is 434 g/mol. The van der Waals surface area contributed by atoms with Gasteiger partial charge in [-0.05, 0) is 29.3 Å². The van der Waals surface area contributed by atoms with Crippen LogP contribution >= 0.6 is 11.6 Å². The Morgan fingerprint density at radius 2 is 1.97 bits per heavy atom. The summed E-state index contributed by atoms with van der Waals surface area (Å²) in [7, 11) is 0. The minimum absolute atomic E-state index is 0.175. The lowest BCUT2D eigenvalue weighted by atomic mass is 10.2. The lowest BCUT2D eigenvalue weighted by molar-refractivity contribution is -0.116. The zero-order valence-corrected chi connectivity index (χ0v) is 17.4. The van der Waals surface area contributed by atoms with Crippen LogP contribution in [0.5, 0.6) is 0 Å². The minimum Gasteiger partial charge on any atom is -0.351 e. The largest absolute Gasteiger partial charge is 0.351 e. The van der Waals surface area contributed by atoms with Crippen LogP contribution in [0.2, 0.25) is 5.02 Å². The lowest BCUT2D eigenvalue weighted by Crippen LogP contribution is -2.26. The molecule has 0 aliphatic heterocycles. The van der Waals surface area contributed by atoms with Crippen LogP contribution in [0.25, 0.3) is 17.1 Å². The zero-order valence-electron chi connectivity index (χ0n) is 16.6. The zero-order chi connectivity index (χ0) is 21.6. The van der Waals surface area contributed by atoms with Crippen molar-refractivity contribution in [1.82, 2.24) is 24.6 Å². The van der Waals surface area contributed by atoms with Crippen LogP contribution < -0.4 is 10.9 Å². The fourth-order valence-electron chi connectivity index (χ4n) is 3.19. The van der Waals surface area contributed by atoms with E-state index >= 15 is 0 Å². The normalized spacial score (nSPS) is 11.3. The second-order valence-corrected chi connectivity index (χ2v) is 7.38. The maximum Gasteiger partial charge on any atom is 0.264 e. The van der Waals surface area contributed by atoms with Gasteiger partial charge < -0.3 is 5.32 Å². The number of rotatable bonds is 7. The SMILES string of the molecule is O=C(/C=C\c1ccccc1)NCCn1ncc2c(=O)n(Cc3cccc(Cl)c3)cnc21. The Morgan fingerprint density at radius 1 is 1.13 bits per heavy atom. The maximum atomic E-state index is 12.8. The van der Waals surface area contributed by atoms with Gasteiger partial charge in [0.25, 0.3) is 5.56 Å². The summed E-state index contributed by atoms with van der Waals surface area (Å²) in [4.78, 5) is 29.2. The van der Waals surface area contributed by atoms with E-state index in [1.165, 1.54) is 23.2 Å². The molecule has 1 N–H and O–H groups in total. The monoisotopic (exact) mass is 433 g/mol. The van der Waals surface area contributed by atoms with Crippen molar-refractivity contribution < 1.29 is 4.79 Å². The van der Waals surface area contributed by atoms with Crippen molar-refractivity contribution in [3.8, 4) is 0 Å². The molecule has 2 aromatic carbocycles. The molecule has 1 amide bonds. The Labute approximate surface area is 183 Å². The number of aromatic nitrogens is 4. The second-order valence-electron chi connectivity index (χ2n) is 6.95. The van der Waals surface area contributed by atoms with E-state index < -0.39 is 0 Å². The van der Waals surface area contributed by atoms with Crippen molar-refractivity contribution in [1.29, 1.82) is 0 Å². The van der Waals surface area contributed by atoms with Gasteiger partial charge in [0.05, 0.1) is 19.3 Å². The van der Waals surface area contributed by atoms with Crippen molar-refractivity contribution in [2.45, 2.75) is 13.1 Å². The third kappa shape index (κ3) is 5.07. The molecule has 0 unspecified atom stereocenters. The predicted octanol–water partition coefficient (Wildman–Crippen LogP) is 3.12. The molecule has 0 saturated carbocycles. The topological polar surface area (TPSA) is 81.8 Å². The van der Waals surface area contributed by atoms with E-state index in [4.69, 9.17) is 11.6 Å². The number of benzene rings is 2. The van der Waals surface area contributed by atoms with Gasteiger partial charge in [0, 0.05) is 17.6 Å². The molecule has 2 heterocycles. The van der Waals surface area contributed by atoms with Gasteiger partial charge in [-0.1, -0.05) is 54.1 Å². The Balaban J connectivity index is 1.40. The first-order chi connectivity index (χ1) is 15.1. The van der Waals surface area contributed by atoms with E-state index in [2.05, 4.69) is 15.4 Å². The van der Waals surface area contributed by atoms with Crippen molar-refractivity contribution in [2.24, 2.45) is 0 Å². The van der Waals surface area contributed by atoms with E-state index in [-0.39, 0.29) is 11.5 Å². The number of hydrogen-bond acceptors (Lipinski definition) is 4. The molecule has 0 atom stereocenters. The van der Waals surface area contributed by atoms with Crippen molar-refractivity contribution in [3.05, 3.63) is 99.7 Å². The third-order valence-electron chi connectivity index (χ3n) is 4.71. The standard InChI is InChI=1S/C23H20ClN5O2/c24-19-8-4-7-18(13-19)15-28-16-26-22-20(23(28)31)14-27-29(22)12-11-25-21(30)10-9-17-5-2-1-3-6-17/h1-10,13-14,16H,11-12,15H2,(H,25,30)/b10-9-. The van der Waals surface area contributed by atoms with Gasteiger partial charge in [-0.15, -0.1) is 0 Å². The first-order valence-electron chi connectivity index (χ1n) is 9.76. The predicted molar refractivity (Wildman–Crippen MR) is 121 cm³/mol. The Morgan fingerprint density at radius 3 is 2.77 bits per heavy atom. The highest BCUT2D eigenvalue weighted by Crippen LogP contribution is 2.12. The van der Waals surface area contributed by atoms with Crippen LogP contribution in [0.3, 0.4) is 0 Å². The molecule has 0 spiro atoms. The smallest absolute Gasteiger partial charge is 0.264 e. The second kappa shape index (κ2) is 9.40. The molecule has 4 rings (SSSR count). The molecule has 0 fully saturated rings. The third-order valence-corrected chi connectivity index (χ3v) is 4.95. The van der Waals surface area contributed by atoms with Crippen LogP contribution in [-0.2, 0) is 17.9 Å². The number of amides is 1. The number of nitrogens with one attached hydrogen (secondary N) is 1. The number of hydrogen-bond donors (Lipinski definition) is 1. The Kier molecular flexibility index (Phi) is 6.24. The molecule has 4 aromatic rings. The summed E-state index contributed by atoms with van der Waals surface area (Å²) in [6, 6.07) is 16.9. The molecule has 0 radical (unpaired) electrons. The number of carbonyl (C=O) groups excluding carboxylic acids is 1. The van der Waals surface area contributed by atoms with Crippen molar-refractivity contribution in [2.75, 3.05) is 6.54 Å². The van der Waals surface area contributed by atoms with Gasteiger partial charge in [-0.2, -0.15) is 5.10 Å². The van der Waals surface area contributed by atoms with Crippen molar-refractivity contribution >= 4 is 34.6 Å². The fraction of sp³-hybridized carbons (Fsp3) is 0.130. The number of halogens is 1. The summed E-state index contributed by atoms with van der Waals surface area (Å²) >= 11 is 6.02. The molecular formula is C23H20ClN5O2. The Hall–Kier alpha value is -3.71. The van der Waals surface area contributed by atoms with Gasteiger partial charge in [0.1, 0.15) is 11.7 Å². The molecule has 0 saturated heterocycles. The number of carbonyl (C=O) groups is 1. The molecule has 7 nitrogen and oxygen atoms in total. The molecular weight excluding hydrogens is 414 g/mol. The van der Waals surface area contributed by atoms with Crippen LogP contribution in [0.15, 0.2) is 78.0 Å². The quantitative estimate of drug-likeness (QED) is 0.454. The van der Waals surface area contributed by atoms with E-state index in [1.54, 1.807) is 16.8 Å². The summed E-state index contributed by atoms with van der Waals surface area (Å²) in [6.07, 6.45) is 6.26. The highest BCUT2D eigenvalue weighted by molar-refractivity contribution is 6.30. The van der Waals surface area contributed by atoms with Gasteiger partial charge in [-0.3, -0.25) is 14.2 Å². The van der Waals surface area contributed by atoms with Crippen LogP contribution in [-0.4, -0.2) is 31.8 Å². The summed E-state index contributed by atoms with van der Waals surface area (Å²) in [5.74, 6) is -0.197. The first-order valence-corrected chi connectivity index (χ1v) is 10.1. The highest BCUT2D eigenvalue weighted by atomic mass is 35.5. The molecule has 0 aliphatic rings. The summed E-state index contributed by atoms with van der Waals surface area (Å²) < 4.78 is 3.14. The first kappa shape index (κ1) is 20.6. The molecule has 2 aromatic heterocycles. The molecule has 156 valence electrons. The summed E-state index contributed by atoms with van der Waals surface area (Å²) in [5, 5.41) is 8.12. The number of nitrogens with zero attached hydrogens (tertiary/aromatic N) is 4. The molecule has 31 heavy (non-hydrogen) atoms. The lowest BCUT2D eigenvalue weighted by Gasteiger charge is -2.07.